The lowest BCUT2D eigenvalue weighted by atomic mass is 9.61. The number of halogens is 3. The predicted molar refractivity (Wildman–Crippen MR) is 80.9 cm³/mol. The van der Waals surface area contributed by atoms with Crippen LogP contribution in [0.25, 0.3) is 0 Å². The molecular formula is C17H21F3O3. The van der Waals surface area contributed by atoms with Crippen molar-refractivity contribution < 1.29 is 27.9 Å². The summed E-state index contributed by atoms with van der Waals surface area (Å²) in [5.74, 6) is -4.80. The van der Waals surface area contributed by atoms with Gasteiger partial charge in [-0.2, -0.15) is 8.78 Å². The molecule has 0 bridgehead atoms. The van der Waals surface area contributed by atoms with Gasteiger partial charge in [0.25, 0.3) is 0 Å². The van der Waals surface area contributed by atoms with E-state index in [-0.39, 0.29) is 12.0 Å². The van der Waals surface area contributed by atoms with Crippen LogP contribution in [0.1, 0.15) is 34.1 Å². The number of hydrogen-bond acceptors (Lipinski definition) is 3. The van der Waals surface area contributed by atoms with Crippen LogP contribution in [0.3, 0.4) is 0 Å². The molecule has 0 aromatic carbocycles. The van der Waals surface area contributed by atoms with Gasteiger partial charge in [-0.05, 0) is 37.1 Å². The maximum atomic E-state index is 13.8. The monoisotopic (exact) mass is 330 g/mol. The maximum Gasteiger partial charge on any atom is 0.304 e. The minimum Gasteiger partial charge on any atom is -0.381 e. The SMILES string of the molecule is CC(C=CC1(O)C(C)=C(C(F)(F)CF)C(=O)CC1(C)C)=CC=O. The zero-order chi connectivity index (χ0) is 18.1. The van der Waals surface area contributed by atoms with Crippen molar-refractivity contribution in [3.63, 3.8) is 0 Å². The van der Waals surface area contributed by atoms with E-state index in [1.165, 1.54) is 25.2 Å². The van der Waals surface area contributed by atoms with E-state index in [1.54, 1.807) is 20.8 Å². The molecule has 1 atom stereocenters. The largest absolute Gasteiger partial charge is 0.381 e. The lowest BCUT2D eigenvalue weighted by Crippen LogP contribution is -2.52. The van der Waals surface area contributed by atoms with E-state index >= 15 is 0 Å². The predicted octanol–water partition coefficient (Wildman–Crippen LogP) is 3.34. The van der Waals surface area contributed by atoms with Gasteiger partial charge in [-0.1, -0.05) is 19.9 Å². The number of aliphatic hydroxyl groups is 1. The number of carbonyl (C=O) groups is 2. The third-order valence-electron chi connectivity index (χ3n) is 4.31. The number of allylic oxidation sites excluding steroid dienone is 4. The Bertz CT molecular complexity index is 600. The molecule has 0 spiro atoms. The van der Waals surface area contributed by atoms with Crippen LogP contribution >= 0.6 is 0 Å². The number of rotatable bonds is 5. The molecule has 23 heavy (non-hydrogen) atoms. The Morgan fingerprint density at radius 3 is 2.43 bits per heavy atom. The van der Waals surface area contributed by atoms with Crippen LogP contribution in [0, 0.1) is 5.41 Å². The van der Waals surface area contributed by atoms with E-state index in [0.29, 0.717) is 11.9 Å². The van der Waals surface area contributed by atoms with Crippen molar-refractivity contribution in [2.24, 2.45) is 5.41 Å². The molecule has 1 rings (SSSR count). The van der Waals surface area contributed by atoms with Crippen LogP contribution in [0.5, 0.6) is 0 Å². The first kappa shape index (κ1) is 19.4. The molecule has 1 N–H and O–H groups in total. The lowest BCUT2D eigenvalue weighted by molar-refractivity contribution is -0.127. The van der Waals surface area contributed by atoms with E-state index in [9.17, 15) is 27.9 Å². The fraction of sp³-hybridized carbons (Fsp3) is 0.529. The number of Topliss-reactive ketones (excluding diaryl/α,β-unsaturated/α-hetero) is 1. The standard InChI is InChI=1S/C17H21F3O3/c1-11(6-8-21)5-7-16(23)12(2)14(17(19,20)10-18)13(22)9-15(16,3)4/h5-8,23H,9-10H2,1-4H3. The molecule has 1 aliphatic rings. The van der Waals surface area contributed by atoms with Crippen LogP contribution in [0.15, 0.2) is 34.9 Å². The Hall–Kier alpha value is -1.69. The molecule has 0 amide bonds. The van der Waals surface area contributed by atoms with E-state index in [2.05, 4.69) is 0 Å². The minimum absolute atomic E-state index is 0.267. The smallest absolute Gasteiger partial charge is 0.304 e. The van der Waals surface area contributed by atoms with E-state index < -0.39 is 35.0 Å². The van der Waals surface area contributed by atoms with Gasteiger partial charge in [-0.25, -0.2) is 4.39 Å². The number of carbonyl (C=O) groups excluding carboxylic acids is 2. The Labute approximate surface area is 133 Å². The molecule has 128 valence electrons. The van der Waals surface area contributed by atoms with Gasteiger partial charge in [0.1, 0.15) is 11.9 Å². The first-order chi connectivity index (χ1) is 10.4. The summed E-state index contributed by atoms with van der Waals surface area (Å²) >= 11 is 0. The van der Waals surface area contributed by atoms with Crippen molar-refractivity contribution in [2.75, 3.05) is 6.67 Å². The molecule has 1 unspecified atom stereocenters. The zero-order valence-electron chi connectivity index (χ0n) is 13.6. The number of hydrogen-bond donors (Lipinski definition) is 1. The third kappa shape index (κ3) is 3.47. The van der Waals surface area contributed by atoms with Crippen molar-refractivity contribution in [2.45, 2.75) is 45.6 Å². The van der Waals surface area contributed by atoms with Crippen molar-refractivity contribution >= 4 is 12.1 Å². The first-order valence-electron chi connectivity index (χ1n) is 7.15. The van der Waals surface area contributed by atoms with Crippen LogP contribution < -0.4 is 0 Å². The van der Waals surface area contributed by atoms with Gasteiger partial charge < -0.3 is 5.11 Å². The molecule has 6 heteroatoms. The molecule has 0 aliphatic heterocycles. The molecule has 3 nitrogen and oxygen atoms in total. The Balaban J connectivity index is 3.55. The molecule has 0 radical (unpaired) electrons. The molecule has 0 saturated carbocycles. The van der Waals surface area contributed by atoms with Gasteiger partial charge in [0, 0.05) is 11.8 Å². The summed E-state index contributed by atoms with van der Waals surface area (Å²) in [5, 5.41) is 11.0. The summed E-state index contributed by atoms with van der Waals surface area (Å²) in [5.41, 5.74) is -3.64. The molecule has 0 fully saturated rings. The summed E-state index contributed by atoms with van der Waals surface area (Å²) in [6.45, 7) is 3.95. The highest BCUT2D eigenvalue weighted by molar-refractivity contribution is 6.00. The maximum absolute atomic E-state index is 13.8. The average Bonchev–Trinajstić information content (AvgIpc) is 2.42. The second-order valence-electron chi connectivity index (χ2n) is 6.47. The summed E-state index contributed by atoms with van der Waals surface area (Å²) in [6.07, 6.45) is 4.16. The van der Waals surface area contributed by atoms with Crippen molar-refractivity contribution in [1.29, 1.82) is 0 Å². The summed E-state index contributed by atoms with van der Waals surface area (Å²) in [7, 11) is 0. The highest BCUT2D eigenvalue weighted by atomic mass is 19.3. The fourth-order valence-electron chi connectivity index (χ4n) is 2.84. The van der Waals surface area contributed by atoms with Crippen molar-refractivity contribution in [1.82, 2.24) is 0 Å². The summed E-state index contributed by atoms with van der Waals surface area (Å²) in [4.78, 5) is 22.5. The van der Waals surface area contributed by atoms with Crippen LogP contribution in [0.2, 0.25) is 0 Å². The number of aldehydes is 1. The van der Waals surface area contributed by atoms with E-state index in [0.717, 1.165) is 0 Å². The highest BCUT2D eigenvalue weighted by Gasteiger charge is 2.54. The van der Waals surface area contributed by atoms with Gasteiger partial charge in [-0.15, -0.1) is 0 Å². The summed E-state index contributed by atoms with van der Waals surface area (Å²) in [6, 6.07) is 0. The minimum atomic E-state index is -3.94. The van der Waals surface area contributed by atoms with Crippen LogP contribution in [-0.2, 0) is 9.59 Å². The van der Waals surface area contributed by atoms with Gasteiger partial charge in [0.15, 0.2) is 12.5 Å². The molecule has 0 heterocycles. The molecule has 0 aromatic heterocycles. The zero-order valence-corrected chi connectivity index (χ0v) is 13.6. The molecular weight excluding hydrogens is 309 g/mol. The Morgan fingerprint density at radius 2 is 1.96 bits per heavy atom. The Morgan fingerprint density at radius 1 is 1.39 bits per heavy atom. The van der Waals surface area contributed by atoms with Gasteiger partial charge in [0.05, 0.1) is 5.57 Å². The first-order valence-corrected chi connectivity index (χ1v) is 7.15. The number of alkyl halides is 3. The quantitative estimate of drug-likeness (QED) is 0.478. The average molecular weight is 330 g/mol. The molecule has 1 aliphatic carbocycles. The molecule has 0 aromatic rings. The number of ketones is 1. The second kappa shape index (κ2) is 6.43. The molecule has 0 saturated heterocycles. The normalized spacial score (nSPS) is 26.1. The van der Waals surface area contributed by atoms with E-state index in [4.69, 9.17) is 0 Å². The topological polar surface area (TPSA) is 54.4 Å². The van der Waals surface area contributed by atoms with Crippen molar-refractivity contribution in [3.8, 4) is 0 Å². The van der Waals surface area contributed by atoms with Crippen LogP contribution in [-0.4, -0.2) is 35.4 Å². The second-order valence-corrected chi connectivity index (χ2v) is 6.47. The summed E-state index contributed by atoms with van der Waals surface area (Å²) < 4.78 is 40.3. The van der Waals surface area contributed by atoms with Crippen molar-refractivity contribution in [3.05, 3.63) is 34.9 Å². The Kier molecular flexibility index (Phi) is 5.41. The van der Waals surface area contributed by atoms with Crippen LogP contribution in [0.4, 0.5) is 13.2 Å². The fourth-order valence-corrected chi connectivity index (χ4v) is 2.84. The van der Waals surface area contributed by atoms with Gasteiger partial charge in [0.2, 0.25) is 0 Å². The van der Waals surface area contributed by atoms with Gasteiger partial charge in [-0.3, -0.25) is 9.59 Å². The van der Waals surface area contributed by atoms with E-state index in [1.807, 2.05) is 0 Å². The lowest BCUT2D eigenvalue weighted by Gasteiger charge is -2.46. The van der Waals surface area contributed by atoms with Gasteiger partial charge >= 0.3 is 5.92 Å². The highest BCUT2D eigenvalue weighted by Crippen LogP contribution is 2.49. The third-order valence-corrected chi connectivity index (χ3v) is 4.31.